The summed E-state index contributed by atoms with van der Waals surface area (Å²) in [6, 6.07) is 9.80. The maximum atomic E-state index is 11.7. The van der Waals surface area contributed by atoms with E-state index in [1.165, 1.54) is 0 Å². The summed E-state index contributed by atoms with van der Waals surface area (Å²) < 4.78 is 25.1. The van der Waals surface area contributed by atoms with Crippen LogP contribution in [0, 0.1) is 6.92 Å². The van der Waals surface area contributed by atoms with E-state index in [2.05, 4.69) is 5.10 Å². The van der Waals surface area contributed by atoms with Gasteiger partial charge in [-0.25, -0.2) is 13.1 Å². The third-order valence-electron chi connectivity index (χ3n) is 3.16. The standard InChI is InChI=1S/C14H17ClN2O2S/c1-3-20(18,19)10-13-11(2)16-17(14(13)15)9-12-7-5-4-6-8-12/h4-8H,3,9-10H2,1-2H3. The summed E-state index contributed by atoms with van der Waals surface area (Å²) in [5.74, 6) is 0.0512. The van der Waals surface area contributed by atoms with Gasteiger partial charge in [-0.3, -0.25) is 0 Å². The van der Waals surface area contributed by atoms with Gasteiger partial charge in [-0.1, -0.05) is 48.9 Å². The zero-order valence-corrected chi connectivity index (χ0v) is 13.1. The predicted molar refractivity (Wildman–Crippen MR) is 80.7 cm³/mol. The molecule has 1 aromatic heterocycles. The average Bonchev–Trinajstić information content (AvgIpc) is 2.67. The zero-order valence-electron chi connectivity index (χ0n) is 11.5. The van der Waals surface area contributed by atoms with Crippen molar-refractivity contribution in [2.24, 2.45) is 0 Å². The van der Waals surface area contributed by atoms with Crippen LogP contribution in [-0.4, -0.2) is 24.0 Å². The molecule has 0 unspecified atom stereocenters. The molecule has 0 spiro atoms. The summed E-state index contributed by atoms with van der Waals surface area (Å²) in [6.07, 6.45) is 0. The molecule has 1 aromatic carbocycles. The molecule has 0 aliphatic heterocycles. The number of hydrogen-bond acceptors (Lipinski definition) is 3. The predicted octanol–water partition coefficient (Wildman–Crippen LogP) is 2.83. The minimum Gasteiger partial charge on any atom is -0.249 e. The maximum absolute atomic E-state index is 11.7. The first-order chi connectivity index (χ1) is 9.43. The van der Waals surface area contributed by atoms with Crippen LogP contribution in [0.2, 0.25) is 5.15 Å². The third kappa shape index (κ3) is 3.41. The Hall–Kier alpha value is -1.33. The number of benzene rings is 1. The number of nitrogens with zero attached hydrogens (tertiary/aromatic N) is 2. The molecule has 0 saturated heterocycles. The smallest absolute Gasteiger partial charge is 0.154 e. The van der Waals surface area contributed by atoms with Crippen LogP contribution in [0.1, 0.15) is 23.7 Å². The first kappa shape index (κ1) is 15.1. The van der Waals surface area contributed by atoms with E-state index in [0.29, 0.717) is 23.0 Å². The van der Waals surface area contributed by atoms with Crippen LogP contribution in [0.3, 0.4) is 0 Å². The molecule has 0 aliphatic rings. The van der Waals surface area contributed by atoms with Gasteiger partial charge in [0.05, 0.1) is 18.0 Å². The summed E-state index contributed by atoms with van der Waals surface area (Å²) in [5, 5.41) is 4.75. The van der Waals surface area contributed by atoms with Crippen molar-refractivity contribution in [3.8, 4) is 0 Å². The van der Waals surface area contributed by atoms with E-state index in [-0.39, 0.29) is 11.5 Å². The molecule has 2 rings (SSSR count). The first-order valence-corrected chi connectivity index (χ1v) is 8.59. The highest BCUT2D eigenvalue weighted by Crippen LogP contribution is 2.23. The molecule has 2 aromatic rings. The van der Waals surface area contributed by atoms with Crippen molar-refractivity contribution < 1.29 is 8.42 Å². The Morgan fingerprint density at radius 2 is 1.90 bits per heavy atom. The quantitative estimate of drug-likeness (QED) is 0.853. The Morgan fingerprint density at radius 1 is 1.25 bits per heavy atom. The van der Waals surface area contributed by atoms with Crippen LogP contribution >= 0.6 is 11.6 Å². The van der Waals surface area contributed by atoms with Gasteiger partial charge in [-0.2, -0.15) is 5.10 Å². The Bertz CT molecular complexity index is 693. The largest absolute Gasteiger partial charge is 0.249 e. The van der Waals surface area contributed by atoms with Crippen LogP contribution in [-0.2, 0) is 22.1 Å². The SMILES string of the molecule is CCS(=O)(=O)Cc1c(C)nn(Cc2ccccc2)c1Cl. The zero-order chi connectivity index (χ0) is 14.8. The fourth-order valence-electron chi connectivity index (χ4n) is 1.94. The molecular formula is C14H17ClN2O2S. The van der Waals surface area contributed by atoms with E-state index in [1.54, 1.807) is 18.5 Å². The second-order valence-electron chi connectivity index (χ2n) is 4.67. The number of aromatic nitrogens is 2. The molecule has 0 saturated carbocycles. The van der Waals surface area contributed by atoms with E-state index in [1.807, 2.05) is 30.3 Å². The van der Waals surface area contributed by atoms with Gasteiger partial charge in [0.2, 0.25) is 0 Å². The van der Waals surface area contributed by atoms with E-state index in [9.17, 15) is 8.42 Å². The fraction of sp³-hybridized carbons (Fsp3) is 0.357. The minimum atomic E-state index is -3.11. The van der Waals surface area contributed by atoms with Gasteiger partial charge >= 0.3 is 0 Å². The summed E-state index contributed by atoms with van der Waals surface area (Å²) in [6.45, 7) is 3.95. The van der Waals surface area contributed by atoms with E-state index < -0.39 is 9.84 Å². The highest BCUT2D eigenvalue weighted by atomic mass is 35.5. The molecule has 0 fully saturated rings. The normalized spacial score (nSPS) is 11.8. The van der Waals surface area contributed by atoms with Crippen molar-refractivity contribution in [3.05, 3.63) is 52.3 Å². The van der Waals surface area contributed by atoms with Crippen molar-refractivity contribution in [1.82, 2.24) is 9.78 Å². The van der Waals surface area contributed by atoms with Gasteiger partial charge in [0.1, 0.15) is 5.15 Å². The van der Waals surface area contributed by atoms with Crippen LogP contribution in [0.5, 0.6) is 0 Å². The summed E-state index contributed by atoms with van der Waals surface area (Å²) in [4.78, 5) is 0. The molecule has 0 amide bonds. The van der Waals surface area contributed by atoms with Gasteiger partial charge < -0.3 is 0 Å². The number of halogens is 1. The summed E-state index contributed by atoms with van der Waals surface area (Å²) >= 11 is 6.28. The van der Waals surface area contributed by atoms with Crippen molar-refractivity contribution in [3.63, 3.8) is 0 Å². The van der Waals surface area contributed by atoms with E-state index >= 15 is 0 Å². The Kier molecular flexibility index (Phi) is 4.50. The number of rotatable bonds is 5. The molecule has 0 N–H and O–H groups in total. The van der Waals surface area contributed by atoms with Crippen molar-refractivity contribution >= 4 is 21.4 Å². The molecule has 108 valence electrons. The Labute approximate surface area is 124 Å². The molecule has 1 heterocycles. The minimum absolute atomic E-state index is 0.0526. The van der Waals surface area contributed by atoms with Gasteiger partial charge in [0.15, 0.2) is 9.84 Å². The second kappa shape index (κ2) is 5.97. The summed E-state index contributed by atoms with van der Waals surface area (Å²) in [5.41, 5.74) is 2.34. The highest BCUT2D eigenvalue weighted by molar-refractivity contribution is 7.90. The van der Waals surface area contributed by atoms with Crippen LogP contribution in [0.25, 0.3) is 0 Å². The van der Waals surface area contributed by atoms with Gasteiger partial charge in [0.25, 0.3) is 0 Å². The van der Waals surface area contributed by atoms with Gasteiger partial charge in [-0.15, -0.1) is 0 Å². The third-order valence-corrected chi connectivity index (χ3v) is 5.19. The van der Waals surface area contributed by atoms with Crippen LogP contribution in [0.4, 0.5) is 0 Å². The fourth-order valence-corrected chi connectivity index (χ4v) is 3.31. The van der Waals surface area contributed by atoms with Crippen LogP contribution < -0.4 is 0 Å². The Balaban J connectivity index is 2.30. The molecule has 4 nitrogen and oxygen atoms in total. The lowest BCUT2D eigenvalue weighted by Gasteiger charge is -2.04. The molecule has 0 bridgehead atoms. The topological polar surface area (TPSA) is 52.0 Å². The second-order valence-corrected chi connectivity index (χ2v) is 7.39. The lowest BCUT2D eigenvalue weighted by Crippen LogP contribution is -2.07. The highest BCUT2D eigenvalue weighted by Gasteiger charge is 2.19. The van der Waals surface area contributed by atoms with Crippen molar-refractivity contribution in [2.45, 2.75) is 26.1 Å². The van der Waals surface area contributed by atoms with E-state index in [4.69, 9.17) is 11.6 Å². The molecule has 20 heavy (non-hydrogen) atoms. The summed E-state index contributed by atoms with van der Waals surface area (Å²) in [7, 11) is -3.11. The molecule has 6 heteroatoms. The molecule has 0 aliphatic carbocycles. The average molecular weight is 313 g/mol. The van der Waals surface area contributed by atoms with Crippen molar-refractivity contribution in [1.29, 1.82) is 0 Å². The molecular weight excluding hydrogens is 296 g/mol. The maximum Gasteiger partial charge on any atom is 0.154 e. The van der Waals surface area contributed by atoms with Crippen LogP contribution in [0.15, 0.2) is 30.3 Å². The lowest BCUT2D eigenvalue weighted by molar-refractivity contribution is 0.596. The van der Waals surface area contributed by atoms with Gasteiger partial charge in [-0.05, 0) is 12.5 Å². The number of hydrogen-bond donors (Lipinski definition) is 0. The monoisotopic (exact) mass is 312 g/mol. The Morgan fingerprint density at radius 3 is 2.50 bits per heavy atom. The van der Waals surface area contributed by atoms with E-state index in [0.717, 1.165) is 5.56 Å². The number of aryl methyl sites for hydroxylation is 1. The number of sulfone groups is 1. The lowest BCUT2D eigenvalue weighted by atomic mass is 10.2. The molecule has 0 radical (unpaired) electrons. The molecule has 0 atom stereocenters. The van der Waals surface area contributed by atoms with Crippen molar-refractivity contribution in [2.75, 3.05) is 5.75 Å². The first-order valence-electron chi connectivity index (χ1n) is 6.39. The van der Waals surface area contributed by atoms with Gasteiger partial charge in [0, 0.05) is 11.3 Å².